The van der Waals surface area contributed by atoms with Gasteiger partial charge in [-0.2, -0.15) is 0 Å². The van der Waals surface area contributed by atoms with Crippen molar-refractivity contribution in [2.45, 2.75) is 45.7 Å². The van der Waals surface area contributed by atoms with Gasteiger partial charge >= 0.3 is 0 Å². The summed E-state index contributed by atoms with van der Waals surface area (Å²) in [6, 6.07) is 18.7. The molecule has 2 aromatic carbocycles. The summed E-state index contributed by atoms with van der Waals surface area (Å²) in [6.45, 7) is 4.99. The number of anilines is 1. The van der Waals surface area contributed by atoms with E-state index in [1.807, 2.05) is 12.1 Å². The van der Waals surface area contributed by atoms with Gasteiger partial charge in [-0.15, -0.1) is 0 Å². The van der Waals surface area contributed by atoms with Crippen molar-refractivity contribution in [3.05, 3.63) is 66.0 Å². The third-order valence-corrected chi connectivity index (χ3v) is 5.35. The van der Waals surface area contributed by atoms with Crippen LogP contribution in [0.15, 0.2) is 54.6 Å². The fourth-order valence-corrected chi connectivity index (χ4v) is 3.86. The van der Waals surface area contributed by atoms with Crippen molar-refractivity contribution in [3.63, 3.8) is 0 Å². The number of unbranched alkanes of at least 4 members (excludes halogenated alkanes) is 1. The number of benzene rings is 2. The molecule has 0 spiro atoms. The van der Waals surface area contributed by atoms with Gasteiger partial charge in [-0.1, -0.05) is 61.9 Å². The van der Waals surface area contributed by atoms with E-state index in [1.165, 1.54) is 5.56 Å². The van der Waals surface area contributed by atoms with E-state index in [4.69, 9.17) is 10.7 Å². The second-order valence-electron chi connectivity index (χ2n) is 7.51. The Morgan fingerprint density at radius 3 is 2.59 bits per heavy atom. The summed E-state index contributed by atoms with van der Waals surface area (Å²) < 4.78 is 2.37. The monoisotopic (exact) mass is 387 g/mol. The predicted octanol–water partition coefficient (Wildman–Crippen LogP) is 4.69. The number of nitrogens with zero attached hydrogens (tertiary/aromatic N) is 3. The van der Waals surface area contributed by atoms with Gasteiger partial charge in [0.25, 0.3) is 0 Å². The molecule has 2 heterocycles. The molecule has 29 heavy (non-hydrogen) atoms. The lowest BCUT2D eigenvalue weighted by atomic mass is 10.2. The number of nitrogens with one attached hydrogen (secondary N) is 1. The lowest BCUT2D eigenvalue weighted by molar-refractivity contribution is 0.569. The highest BCUT2D eigenvalue weighted by Crippen LogP contribution is 2.29. The molecule has 0 fully saturated rings. The van der Waals surface area contributed by atoms with Gasteiger partial charge in [0.05, 0.1) is 11.0 Å². The van der Waals surface area contributed by atoms with Crippen molar-refractivity contribution in [1.82, 2.24) is 19.9 Å². The molecule has 0 bridgehead atoms. The summed E-state index contributed by atoms with van der Waals surface area (Å²) in [6.07, 6.45) is 4.28. The third-order valence-electron chi connectivity index (χ3n) is 5.35. The van der Waals surface area contributed by atoms with Gasteiger partial charge in [0.15, 0.2) is 5.82 Å². The Bertz CT molecular complexity index is 1080. The molecule has 0 unspecified atom stereocenters. The first kappa shape index (κ1) is 19.4. The van der Waals surface area contributed by atoms with Crippen LogP contribution in [0.25, 0.3) is 21.9 Å². The normalized spacial score (nSPS) is 11.5. The van der Waals surface area contributed by atoms with Crippen molar-refractivity contribution in [1.29, 1.82) is 0 Å². The zero-order valence-corrected chi connectivity index (χ0v) is 17.1. The minimum absolute atomic E-state index is 0.525. The second kappa shape index (κ2) is 9.05. The van der Waals surface area contributed by atoms with Crippen LogP contribution in [0, 0.1) is 0 Å². The molecule has 150 valence electrons. The molecule has 5 heteroatoms. The molecule has 4 aromatic rings. The molecular weight excluding hydrogens is 358 g/mol. The molecule has 2 aromatic heterocycles. The van der Waals surface area contributed by atoms with E-state index in [1.54, 1.807) is 0 Å². The minimum atomic E-state index is 0.525. The topological polar surface area (TPSA) is 68.8 Å². The van der Waals surface area contributed by atoms with E-state index in [2.05, 4.69) is 64.3 Å². The van der Waals surface area contributed by atoms with E-state index in [9.17, 15) is 0 Å². The molecule has 0 aliphatic rings. The van der Waals surface area contributed by atoms with E-state index in [0.29, 0.717) is 5.82 Å². The van der Waals surface area contributed by atoms with Crippen molar-refractivity contribution in [2.75, 3.05) is 12.3 Å². The van der Waals surface area contributed by atoms with E-state index < -0.39 is 0 Å². The summed E-state index contributed by atoms with van der Waals surface area (Å²) >= 11 is 0. The van der Waals surface area contributed by atoms with Crippen LogP contribution in [-0.4, -0.2) is 21.1 Å². The fourth-order valence-electron chi connectivity index (χ4n) is 3.86. The molecule has 0 radical (unpaired) electrons. The molecule has 0 atom stereocenters. The number of aromatic nitrogens is 3. The smallest absolute Gasteiger partial charge is 0.152 e. The molecule has 5 nitrogen and oxygen atoms in total. The average Bonchev–Trinajstić information content (AvgIpc) is 3.12. The number of fused-ring (bicyclic) bond motifs is 3. The average molecular weight is 388 g/mol. The number of imidazole rings is 1. The Kier molecular flexibility index (Phi) is 6.06. The van der Waals surface area contributed by atoms with Crippen LogP contribution >= 0.6 is 0 Å². The third kappa shape index (κ3) is 4.25. The van der Waals surface area contributed by atoms with Crippen molar-refractivity contribution in [2.24, 2.45) is 0 Å². The zero-order chi connectivity index (χ0) is 20.1. The van der Waals surface area contributed by atoms with Gasteiger partial charge in [0.2, 0.25) is 0 Å². The Labute approximate surface area is 172 Å². The summed E-state index contributed by atoms with van der Waals surface area (Å²) in [4.78, 5) is 9.47. The van der Waals surface area contributed by atoms with Gasteiger partial charge in [0, 0.05) is 24.9 Å². The van der Waals surface area contributed by atoms with Crippen molar-refractivity contribution >= 4 is 27.8 Å². The SMILES string of the molecule is CCCCc1nc2c(N)nc3ccccc3c2n1CCCNCc1ccccc1. The Hall–Kier alpha value is -2.92. The Morgan fingerprint density at radius 1 is 0.966 bits per heavy atom. The van der Waals surface area contributed by atoms with Gasteiger partial charge in [0.1, 0.15) is 11.3 Å². The lowest BCUT2D eigenvalue weighted by Gasteiger charge is -2.11. The van der Waals surface area contributed by atoms with E-state index in [-0.39, 0.29) is 0 Å². The van der Waals surface area contributed by atoms with Gasteiger partial charge in [-0.3, -0.25) is 0 Å². The highest BCUT2D eigenvalue weighted by atomic mass is 15.1. The first-order valence-electron chi connectivity index (χ1n) is 10.6. The van der Waals surface area contributed by atoms with Crippen LogP contribution in [-0.2, 0) is 19.5 Å². The second-order valence-corrected chi connectivity index (χ2v) is 7.51. The molecule has 4 rings (SSSR count). The quantitative estimate of drug-likeness (QED) is 0.409. The number of aryl methyl sites for hydroxylation is 2. The fraction of sp³-hybridized carbons (Fsp3) is 0.333. The maximum absolute atomic E-state index is 6.27. The minimum Gasteiger partial charge on any atom is -0.382 e. The van der Waals surface area contributed by atoms with E-state index in [0.717, 1.165) is 73.1 Å². The van der Waals surface area contributed by atoms with E-state index >= 15 is 0 Å². The molecule has 0 aliphatic heterocycles. The number of pyridine rings is 1. The number of nitrogen functional groups attached to an aromatic ring is 1. The summed E-state index contributed by atoms with van der Waals surface area (Å²) in [5.74, 6) is 1.65. The maximum Gasteiger partial charge on any atom is 0.152 e. The molecule has 0 saturated heterocycles. The first-order valence-corrected chi connectivity index (χ1v) is 10.6. The lowest BCUT2D eigenvalue weighted by Crippen LogP contribution is -2.17. The molecule has 0 aliphatic carbocycles. The number of para-hydroxylation sites is 1. The number of hydrogen-bond acceptors (Lipinski definition) is 4. The highest BCUT2D eigenvalue weighted by molar-refractivity contribution is 6.06. The van der Waals surface area contributed by atoms with Crippen LogP contribution in [0.1, 0.15) is 37.6 Å². The van der Waals surface area contributed by atoms with Crippen molar-refractivity contribution in [3.8, 4) is 0 Å². The highest BCUT2D eigenvalue weighted by Gasteiger charge is 2.16. The van der Waals surface area contributed by atoms with Gasteiger partial charge in [-0.05, 0) is 31.0 Å². The van der Waals surface area contributed by atoms with Gasteiger partial charge in [-0.25, -0.2) is 9.97 Å². The van der Waals surface area contributed by atoms with Gasteiger partial charge < -0.3 is 15.6 Å². The number of hydrogen-bond donors (Lipinski definition) is 2. The largest absolute Gasteiger partial charge is 0.382 e. The summed E-state index contributed by atoms with van der Waals surface area (Å²) in [5, 5.41) is 4.68. The summed E-state index contributed by atoms with van der Waals surface area (Å²) in [7, 11) is 0. The standard InChI is InChI=1S/C24H29N5/c1-2-3-14-21-28-22-23(19-12-7-8-13-20(19)27-24(22)25)29(21)16-9-15-26-17-18-10-5-4-6-11-18/h4-8,10-13,26H,2-3,9,14-17H2,1H3,(H2,25,27). The molecular formula is C24H29N5. The molecule has 0 saturated carbocycles. The van der Waals surface area contributed by atoms with Crippen LogP contribution in [0.5, 0.6) is 0 Å². The maximum atomic E-state index is 6.27. The Balaban J connectivity index is 1.57. The zero-order valence-electron chi connectivity index (χ0n) is 17.1. The number of rotatable bonds is 9. The van der Waals surface area contributed by atoms with Crippen LogP contribution in [0.2, 0.25) is 0 Å². The van der Waals surface area contributed by atoms with Crippen LogP contribution in [0.3, 0.4) is 0 Å². The van der Waals surface area contributed by atoms with Crippen molar-refractivity contribution < 1.29 is 0 Å². The molecule has 0 amide bonds. The summed E-state index contributed by atoms with van der Waals surface area (Å²) in [5.41, 5.74) is 10.5. The Morgan fingerprint density at radius 2 is 1.76 bits per heavy atom. The first-order chi connectivity index (χ1) is 14.3. The molecule has 3 N–H and O–H groups in total. The van der Waals surface area contributed by atoms with Crippen LogP contribution < -0.4 is 11.1 Å². The predicted molar refractivity (Wildman–Crippen MR) is 121 cm³/mol. The van der Waals surface area contributed by atoms with Crippen LogP contribution in [0.4, 0.5) is 5.82 Å². The number of nitrogens with two attached hydrogens (primary N) is 1.